The fourth-order valence-corrected chi connectivity index (χ4v) is 13.1. The molecule has 1 fully saturated rings. The molecule has 57 heavy (non-hydrogen) atoms. The zero-order chi connectivity index (χ0) is 39.9. The molecule has 5 aromatic carbocycles. The second-order valence-corrected chi connectivity index (χ2v) is 19.8. The molecule has 1 spiro atoms. The van der Waals surface area contributed by atoms with Crippen molar-refractivity contribution < 1.29 is 14.2 Å². The molecule has 0 aromatic heterocycles. The van der Waals surface area contributed by atoms with Crippen molar-refractivity contribution in [2.75, 3.05) is 21.3 Å². The minimum atomic E-state index is -0.428. The Kier molecular flexibility index (Phi) is 9.12. The largest absolute Gasteiger partial charge is 0.497 e. The van der Waals surface area contributed by atoms with Crippen molar-refractivity contribution in [3.05, 3.63) is 147 Å². The van der Waals surface area contributed by atoms with Crippen molar-refractivity contribution in [1.82, 2.24) is 0 Å². The molecule has 0 radical (unpaired) electrons. The molecule has 5 aromatic rings. The lowest BCUT2D eigenvalue weighted by Crippen LogP contribution is -2.44. The van der Waals surface area contributed by atoms with E-state index in [9.17, 15) is 0 Å². The van der Waals surface area contributed by atoms with Crippen LogP contribution in [0.3, 0.4) is 0 Å². The fraction of sp³-hybridized carbons (Fsp3) is 0.358. The lowest BCUT2D eigenvalue weighted by molar-refractivity contribution is 0.0645. The second kappa shape index (κ2) is 13.7. The van der Waals surface area contributed by atoms with E-state index in [-0.39, 0.29) is 16.2 Å². The van der Waals surface area contributed by atoms with Gasteiger partial charge in [-0.25, -0.2) is 0 Å². The average molecular weight is 773 g/mol. The summed E-state index contributed by atoms with van der Waals surface area (Å²) in [6, 6.07) is 31.7. The van der Waals surface area contributed by atoms with Crippen LogP contribution in [0.25, 0.3) is 28.0 Å². The molecule has 0 N–H and O–H groups in total. The fourth-order valence-electron chi connectivity index (χ4n) is 11.9. The molecule has 9 rings (SSSR count). The maximum absolute atomic E-state index is 6.37. The van der Waals surface area contributed by atoms with Crippen molar-refractivity contribution >= 4 is 28.6 Å². The maximum atomic E-state index is 6.37. The number of hydrogen-bond donors (Lipinski definition) is 0. The van der Waals surface area contributed by atoms with Crippen LogP contribution in [-0.4, -0.2) is 21.3 Å². The van der Waals surface area contributed by atoms with Crippen LogP contribution in [0.5, 0.6) is 17.2 Å². The quantitative estimate of drug-likeness (QED) is 0.165. The first-order chi connectivity index (χ1) is 27.3. The molecule has 1 saturated carbocycles. The molecule has 292 valence electrons. The molecule has 0 bridgehead atoms. The Balaban J connectivity index is 1.38. The van der Waals surface area contributed by atoms with Gasteiger partial charge in [-0.15, -0.1) is 0 Å². The van der Waals surface area contributed by atoms with Gasteiger partial charge in [0.2, 0.25) is 0 Å². The van der Waals surface area contributed by atoms with E-state index in [2.05, 4.69) is 145 Å². The molecule has 0 atom stereocenters. The van der Waals surface area contributed by atoms with Crippen molar-refractivity contribution in [2.45, 2.75) is 95.8 Å². The van der Waals surface area contributed by atoms with Crippen LogP contribution in [0.4, 0.5) is 0 Å². The standard InChI is InChI=1S/C53H56O3S/c1-33-13-12-14-34(2)49(33)57-46-28-42-41(27-45(46)56-9)43-29-52(35-17-21-37(54-7)22-18-35,36-19-23-38(55-8)24-20-36)26-25-39(43)48-47(42)40-15-10-11-16-44(40)53(48)31-50(3,4)30-51(5,6)32-53/h10-11,13,15-28H,12,14,29-32H2,1-9H3. The van der Waals surface area contributed by atoms with Gasteiger partial charge in [0, 0.05) is 15.7 Å². The maximum Gasteiger partial charge on any atom is 0.133 e. The summed E-state index contributed by atoms with van der Waals surface area (Å²) in [4.78, 5) is 2.56. The Morgan fingerprint density at radius 1 is 0.684 bits per heavy atom. The number of thioether (sulfide) groups is 1. The number of allylic oxidation sites excluding steroid dienone is 4. The minimum Gasteiger partial charge on any atom is -0.497 e. The first kappa shape index (κ1) is 37.9. The number of benzene rings is 5. The third kappa shape index (κ3) is 6.08. The minimum absolute atomic E-state index is 0.116. The number of rotatable bonds is 7. The van der Waals surface area contributed by atoms with Gasteiger partial charge in [-0.05, 0) is 160 Å². The van der Waals surface area contributed by atoms with E-state index in [1.807, 2.05) is 18.9 Å². The summed E-state index contributed by atoms with van der Waals surface area (Å²) in [6.07, 6.45) is 13.9. The zero-order valence-corrected chi connectivity index (χ0v) is 36.0. The molecular weight excluding hydrogens is 717 g/mol. The highest BCUT2D eigenvalue weighted by Crippen LogP contribution is 2.66. The summed E-state index contributed by atoms with van der Waals surface area (Å²) in [5.41, 5.74) is 13.7. The predicted molar refractivity (Wildman–Crippen MR) is 239 cm³/mol. The van der Waals surface area contributed by atoms with E-state index in [0.717, 1.165) is 49.4 Å². The van der Waals surface area contributed by atoms with E-state index >= 15 is 0 Å². The Morgan fingerprint density at radius 3 is 1.91 bits per heavy atom. The SMILES string of the molecule is COc1ccc(C2(c3ccc(OC)cc3)C=Cc3c4c(c5cc(SC6=C(C)CCC=C6C)c(OC)cc5c3C2)-c2ccccc2C42CC(C)(C)CC(C)(C)C2)cc1. The smallest absolute Gasteiger partial charge is 0.133 e. The third-order valence-electron chi connectivity index (χ3n) is 13.6. The van der Waals surface area contributed by atoms with E-state index in [1.165, 1.54) is 82.6 Å². The molecular formula is C53H56O3S. The van der Waals surface area contributed by atoms with Gasteiger partial charge >= 0.3 is 0 Å². The molecule has 0 aliphatic heterocycles. The van der Waals surface area contributed by atoms with Gasteiger partial charge in [-0.1, -0.05) is 112 Å². The Morgan fingerprint density at radius 2 is 1.32 bits per heavy atom. The molecule has 0 amide bonds. The summed E-state index contributed by atoms with van der Waals surface area (Å²) in [5.74, 6) is 2.65. The number of hydrogen-bond acceptors (Lipinski definition) is 4. The number of fused-ring (bicyclic) bond motifs is 10. The summed E-state index contributed by atoms with van der Waals surface area (Å²) in [6.45, 7) is 14.6. The molecule has 0 unspecified atom stereocenters. The van der Waals surface area contributed by atoms with Gasteiger partial charge in [-0.2, -0.15) is 0 Å². The van der Waals surface area contributed by atoms with Crippen molar-refractivity contribution in [3.63, 3.8) is 0 Å². The predicted octanol–water partition coefficient (Wildman–Crippen LogP) is 14.0. The molecule has 4 heteroatoms. The van der Waals surface area contributed by atoms with Crippen LogP contribution in [0.1, 0.15) is 107 Å². The third-order valence-corrected chi connectivity index (χ3v) is 15.0. The molecule has 4 aliphatic rings. The zero-order valence-electron chi connectivity index (χ0n) is 35.2. The summed E-state index contributed by atoms with van der Waals surface area (Å²) in [7, 11) is 5.32. The summed E-state index contributed by atoms with van der Waals surface area (Å²) in [5, 5.41) is 2.62. The summed E-state index contributed by atoms with van der Waals surface area (Å²) < 4.78 is 17.7. The molecule has 0 saturated heterocycles. The van der Waals surface area contributed by atoms with Crippen molar-refractivity contribution in [1.29, 1.82) is 0 Å². The van der Waals surface area contributed by atoms with Crippen LogP contribution in [-0.2, 0) is 17.3 Å². The Hall–Kier alpha value is -4.67. The Labute approximate surface area is 344 Å². The van der Waals surface area contributed by atoms with Gasteiger partial charge in [-0.3, -0.25) is 0 Å². The first-order valence-corrected chi connectivity index (χ1v) is 21.5. The van der Waals surface area contributed by atoms with Crippen LogP contribution < -0.4 is 14.2 Å². The van der Waals surface area contributed by atoms with Crippen molar-refractivity contribution in [3.8, 4) is 28.4 Å². The highest BCUT2D eigenvalue weighted by atomic mass is 32.2. The van der Waals surface area contributed by atoms with Crippen LogP contribution in [0.2, 0.25) is 0 Å². The number of ether oxygens (including phenoxy) is 3. The van der Waals surface area contributed by atoms with Gasteiger partial charge in [0.15, 0.2) is 0 Å². The monoisotopic (exact) mass is 772 g/mol. The number of methoxy groups -OCH3 is 3. The highest BCUT2D eigenvalue weighted by Gasteiger charge is 2.55. The van der Waals surface area contributed by atoms with Gasteiger partial charge in [0.25, 0.3) is 0 Å². The summed E-state index contributed by atoms with van der Waals surface area (Å²) >= 11 is 1.89. The van der Waals surface area contributed by atoms with E-state index < -0.39 is 5.41 Å². The van der Waals surface area contributed by atoms with Crippen LogP contribution in [0.15, 0.2) is 118 Å². The lowest BCUT2D eigenvalue weighted by Gasteiger charge is -2.52. The van der Waals surface area contributed by atoms with Gasteiger partial charge in [0.05, 0.1) is 26.2 Å². The average Bonchev–Trinajstić information content (AvgIpc) is 3.46. The van der Waals surface area contributed by atoms with Crippen LogP contribution in [0, 0.1) is 10.8 Å². The van der Waals surface area contributed by atoms with E-state index in [4.69, 9.17) is 14.2 Å². The second-order valence-electron chi connectivity index (χ2n) is 18.8. The Bertz CT molecular complexity index is 2450. The molecule has 4 aliphatic carbocycles. The highest BCUT2D eigenvalue weighted by molar-refractivity contribution is 8.03. The van der Waals surface area contributed by atoms with Crippen molar-refractivity contribution in [2.24, 2.45) is 10.8 Å². The lowest BCUT2D eigenvalue weighted by atomic mass is 9.51. The molecule has 3 nitrogen and oxygen atoms in total. The van der Waals surface area contributed by atoms with Gasteiger partial charge < -0.3 is 14.2 Å². The van der Waals surface area contributed by atoms with Crippen LogP contribution >= 0.6 is 11.8 Å². The topological polar surface area (TPSA) is 27.7 Å². The normalized spacial score (nSPS) is 19.5. The molecule has 0 heterocycles. The first-order valence-electron chi connectivity index (χ1n) is 20.7. The van der Waals surface area contributed by atoms with E-state index in [0.29, 0.717) is 0 Å². The van der Waals surface area contributed by atoms with Gasteiger partial charge in [0.1, 0.15) is 17.2 Å². The van der Waals surface area contributed by atoms with E-state index in [1.54, 1.807) is 14.2 Å².